The van der Waals surface area contributed by atoms with Crippen molar-refractivity contribution in [3.8, 4) is 0 Å². The van der Waals surface area contributed by atoms with Gasteiger partial charge in [-0.15, -0.1) is 10.2 Å². The summed E-state index contributed by atoms with van der Waals surface area (Å²) in [5.74, 6) is 0.930. The minimum atomic E-state index is -0.396. The van der Waals surface area contributed by atoms with Gasteiger partial charge in [0.15, 0.2) is 8.68 Å². The second-order valence-electron chi connectivity index (χ2n) is 5.61. The van der Waals surface area contributed by atoms with E-state index in [2.05, 4.69) is 34.9 Å². The third kappa shape index (κ3) is 6.68. The van der Waals surface area contributed by atoms with Crippen LogP contribution in [0.1, 0.15) is 31.1 Å². The highest BCUT2D eigenvalue weighted by Crippen LogP contribution is 2.31. The number of benzene rings is 1. The van der Waals surface area contributed by atoms with Gasteiger partial charge in [0.1, 0.15) is 0 Å². The summed E-state index contributed by atoms with van der Waals surface area (Å²) in [7, 11) is 0. The molecule has 25 heavy (non-hydrogen) atoms. The van der Waals surface area contributed by atoms with Crippen molar-refractivity contribution in [2.24, 2.45) is 5.92 Å². The second-order valence-corrected chi connectivity index (χ2v) is 9.44. The van der Waals surface area contributed by atoms with E-state index in [0.29, 0.717) is 11.5 Å². The number of hydrogen-bond donors (Lipinski definition) is 2. The van der Waals surface area contributed by atoms with Crippen molar-refractivity contribution in [3.63, 3.8) is 0 Å². The molecule has 1 aromatic carbocycles. The summed E-state index contributed by atoms with van der Waals surface area (Å²) in [6, 6.07) is 8.71. The molecule has 0 saturated carbocycles. The summed E-state index contributed by atoms with van der Waals surface area (Å²) in [6.45, 7) is 6.07. The number of rotatable bonds is 7. The van der Waals surface area contributed by atoms with Crippen molar-refractivity contribution in [1.29, 1.82) is 0 Å². The first-order valence-electron chi connectivity index (χ1n) is 7.74. The Hall–Kier alpha value is -1.58. The lowest BCUT2D eigenvalue weighted by molar-refractivity contribution is -0.121. The smallest absolute Gasteiger partial charge is 0.269 e. The van der Waals surface area contributed by atoms with Crippen LogP contribution in [0, 0.1) is 5.92 Å². The molecule has 6 nitrogen and oxygen atoms in total. The second kappa shape index (κ2) is 9.79. The number of thioether (sulfide) groups is 2. The van der Waals surface area contributed by atoms with E-state index in [4.69, 9.17) is 0 Å². The van der Waals surface area contributed by atoms with Gasteiger partial charge >= 0.3 is 0 Å². The van der Waals surface area contributed by atoms with E-state index in [1.807, 2.05) is 6.07 Å². The standard InChI is InChI=1S/C16H20N4O2S3/c1-10(2)9-23-15-19-20-16(25-15)24-11(3)13(21)17-18-14(22)12-7-5-4-6-8-12/h4-8,10-11H,9H2,1-3H3,(H,17,21)(H,18,22)/t11-/m0/s1. The maximum atomic E-state index is 12.1. The predicted octanol–water partition coefficient (Wildman–Crippen LogP) is 3.23. The average Bonchev–Trinajstić information content (AvgIpc) is 3.05. The molecule has 0 aliphatic heterocycles. The zero-order valence-corrected chi connectivity index (χ0v) is 16.6. The molecular weight excluding hydrogens is 376 g/mol. The molecule has 2 aromatic rings. The van der Waals surface area contributed by atoms with Crippen molar-refractivity contribution in [3.05, 3.63) is 35.9 Å². The predicted molar refractivity (Wildman–Crippen MR) is 103 cm³/mol. The number of hydrogen-bond acceptors (Lipinski definition) is 7. The Balaban J connectivity index is 1.79. The van der Waals surface area contributed by atoms with Crippen LogP contribution in [-0.4, -0.2) is 33.0 Å². The summed E-state index contributed by atoms with van der Waals surface area (Å²) in [5, 5.41) is 7.83. The lowest BCUT2D eigenvalue weighted by atomic mass is 10.2. The van der Waals surface area contributed by atoms with Crippen LogP contribution in [0.5, 0.6) is 0 Å². The Morgan fingerprint density at radius 3 is 2.44 bits per heavy atom. The maximum absolute atomic E-state index is 12.1. The number of carbonyl (C=O) groups excluding carboxylic acids is 2. The monoisotopic (exact) mass is 396 g/mol. The number of carbonyl (C=O) groups is 2. The fraction of sp³-hybridized carbons (Fsp3) is 0.375. The first kappa shape index (κ1) is 19.7. The summed E-state index contributed by atoms with van der Waals surface area (Å²) < 4.78 is 1.64. The van der Waals surface area contributed by atoms with Crippen LogP contribution in [-0.2, 0) is 4.79 Å². The molecule has 0 bridgehead atoms. The van der Waals surface area contributed by atoms with E-state index in [0.717, 1.165) is 14.4 Å². The Labute approximate surface area is 159 Å². The Morgan fingerprint density at radius 1 is 1.08 bits per heavy atom. The fourth-order valence-corrected chi connectivity index (χ4v) is 4.77. The van der Waals surface area contributed by atoms with Gasteiger partial charge in [-0.2, -0.15) is 0 Å². The van der Waals surface area contributed by atoms with Crippen LogP contribution < -0.4 is 10.9 Å². The van der Waals surface area contributed by atoms with Gasteiger partial charge in [0.2, 0.25) is 0 Å². The van der Waals surface area contributed by atoms with E-state index in [1.54, 1.807) is 43.0 Å². The van der Waals surface area contributed by atoms with Crippen LogP contribution >= 0.6 is 34.9 Å². The molecule has 2 N–H and O–H groups in total. The first-order valence-corrected chi connectivity index (χ1v) is 10.4. The lowest BCUT2D eigenvalue weighted by Crippen LogP contribution is -2.44. The molecule has 0 aliphatic carbocycles. The van der Waals surface area contributed by atoms with Gasteiger partial charge in [-0.1, -0.05) is 66.9 Å². The number of nitrogens with zero attached hydrogens (tertiary/aromatic N) is 2. The van der Waals surface area contributed by atoms with E-state index in [1.165, 1.54) is 23.1 Å². The molecule has 0 fully saturated rings. The van der Waals surface area contributed by atoms with Crippen LogP contribution in [0.4, 0.5) is 0 Å². The van der Waals surface area contributed by atoms with Gasteiger partial charge in [0.05, 0.1) is 5.25 Å². The molecule has 0 spiro atoms. The number of aromatic nitrogens is 2. The van der Waals surface area contributed by atoms with Crippen LogP contribution in [0.3, 0.4) is 0 Å². The van der Waals surface area contributed by atoms with Crippen LogP contribution in [0.15, 0.2) is 39.0 Å². The lowest BCUT2D eigenvalue weighted by Gasteiger charge is -2.11. The molecule has 0 radical (unpaired) electrons. The van der Waals surface area contributed by atoms with Gasteiger partial charge in [0.25, 0.3) is 11.8 Å². The van der Waals surface area contributed by atoms with Gasteiger partial charge in [-0.05, 0) is 25.0 Å². The summed E-state index contributed by atoms with van der Waals surface area (Å²) in [5.41, 5.74) is 5.34. The maximum Gasteiger partial charge on any atom is 0.269 e. The van der Waals surface area contributed by atoms with Crippen LogP contribution in [0.2, 0.25) is 0 Å². The molecular formula is C16H20N4O2S3. The number of hydrazine groups is 1. The van der Waals surface area contributed by atoms with E-state index in [9.17, 15) is 9.59 Å². The van der Waals surface area contributed by atoms with E-state index in [-0.39, 0.29) is 11.8 Å². The van der Waals surface area contributed by atoms with Gasteiger partial charge in [-0.3, -0.25) is 20.4 Å². The van der Waals surface area contributed by atoms with Gasteiger partial charge in [0, 0.05) is 11.3 Å². The largest absolute Gasteiger partial charge is 0.272 e. The van der Waals surface area contributed by atoms with E-state index >= 15 is 0 Å². The molecule has 0 unspecified atom stereocenters. The van der Waals surface area contributed by atoms with Crippen molar-refractivity contribution in [1.82, 2.24) is 21.0 Å². The molecule has 1 heterocycles. The average molecular weight is 397 g/mol. The summed E-state index contributed by atoms with van der Waals surface area (Å²) in [4.78, 5) is 24.0. The summed E-state index contributed by atoms with van der Waals surface area (Å²) in [6.07, 6.45) is 0. The minimum Gasteiger partial charge on any atom is -0.272 e. The SMILES string of the molecule is CC(C)CSc1nnc(S[C@@H](C)C(=O)NNC(=O)c2ccccc2)s1. The third-order valence-electron chi connectivity index (χ3n) is 2.91. The molecule has 0 saturated heterocycles. The zero-order chi connectivity index (χ0) is 18.2. The molecule has 1 aromatic heterocycles. The fourth-order valence-electron chi connectivity index (χ4n) is 1.63. The van der Waals surface area contributed by atoms with Crippen molar-refractivity contribution in [2.45, 2.75) is 34.7 Å². The molecule has 2 amide bonds. The highest BCUT2D eigenvalue weighted by atomic mass is 32.2. The number of nitrogens with one attached hydrogen (secondary N) is 2. The highest BCUT2D eigenvalue weighted by Gasteiger charge is 2.18. The molecule has 1 atom stereocenters. The number of amides is 2. The minimum absolute atomic E-state index is 0.291. The van der Waals surface area contributed by atoms with E-state index < -0.39 is 5.25 Å². The highest BCUT2D eigenvalue weighted by molar-refractivity contribution is 8.03. The third-order valence-corrected chi connectivity index (χ3v) is 6.58. The Kier molecular flexibility index (Phi) is 7.73. The van der Waals surface area contributed by atoms with Crippen molar-refractivity contribution < 1.29 is 9.59 Å². The molecule has 9 heteroatoms. The molecule has 134 valence electrons. The quantitative estimate of drug-likeness (QED) is 0.552. The van der Waals surface area contributed by atoms with Gasteiger partial charge in [-0.25, -0.2) is 0 Å². The van der Waals surface area contributed by atoms with Crippen molar-refractivity contribution >= 4 is 46.7 Å². The molecule has 0 aliphatic rings. The summed E-state index contributed by atoms with van der Waals surface area (Å²) >= 11 is 4.47. The normalized spacial score (nSPS) is 12.0. The Morgan fingerprint density at radius 2 is 1.76 bits per heavy atom. The van der Waals surface area contributed by atoms with Crippen molar-refractivity contribution in [2.75, 3.05) is 5.75 Å². The topological polar surface area (TPSA) is 84.0 Å². The van der Waals surface area contributed by atoms with Crippen LogP contribution in [0.25, 0.3) is 0 Å². The van der Waals surface area contributed by atoms with Gasteiger partial charge < -0.3 is 0 Å². The zero-order valence-electron chi connectivity index (χ0n) is 14.2. The Bertz CT molecular complexity index is 706. The molecule has 2 rings (SSSR count). The first-order chi connectivity index (χ1) is 12.0.